The van der Waals surface area contributed by atoms with Crippen LogP contribution in [-0.2, 0) is 4.74 Å². The van der Waals surface area contributed by atoms with Crippen LogP contribution in [-0.4, -0.2) is 60.2 Å². The van der Waals surface area contributed by atoms with Crippen molar-refractivity contribution < 1.29 is 13.9 Å². The molecule has 0 radical (unpaired) electrons. The number of carbonyl (C=O) groups excluding carboxylic acids is 1. The number of morpholine rings is 1. The number of nitrogens with zero attached hydrogens (tertiary/aromatic N) is 3. The molecule has 2 heterocycles. The van der Waals surface area contributed by atoms with Crippen LogP contribution in [0, 0.1) is 5.82 Å². The lowest BCUT2D eigenvalue weighted by molar-refractivity contribution is 0.0383. The minimum absolute atomic E-state index is 0.0132. The molecule has 0 bridgehead atoms. The fourth-order valence-electron chi connectivity index (χ4n) is 2.47. The molecule has 3 rings (SSSR count). The lowest BCUT2D eigenvalue weighted by atomic mass is 10.3. The number of anilines is 2. The van der Waals surface area contributed by atoms with Crippen LogP contribution in [0.3, 0.4) is 0 Å². The normalized spacial score (nSPS) is 14.8. The van der Waals surface area contributed by atoms with Crippen molar-refractivity contribution >= 4 is 29.0 Å². The first-order valence-corrected chi connectivity index (χ1v) is 8.62. The Kier molecular flexibility index (Phi) is 6.32. The standard InChI is InChI=1S/C17H19ClFN5O2/c18-13-9-12(1-2-14(13)19)23-16-11-21-15(10-22-16)17(25)20-3-4-24-5-7-26-8-6-24/h1-2,9-11H,3-8H2,(H,20,25)(H,22,23). The monoisotopic (exact) mass is 379 g/mol. The van der Waals surface area contributed by atoms with Crippen LogP contribution in [0.4, 0.5) is 15.9 Å². The summed E-state index contributed by atoms with van der Waals surface area (Å²) >= 11 is 5.74. The third-order valence-electron chi connectivity index (χ3n) is 3.89. The number of benzene rings is 1. The molecule has 1 aliphatic heterocycles. The van der Waals surface area contributed by atoms with Gasteiger partial charge >= 0.3 is 0 Å². The number of carbonyl (C=O) groups is 1. The quantitative estimate of drug-likeness (QED) is 0.800. The molecule has 26 heavy (non-hydrogen) atoms. The first kappa shape index (κ1) is 18.5. The maximum atomic E-state index is 13.2. The third kappa shape index (κ3) is 5.10. The molecule has 9 heteroatoms. The molecule has 0 unspecified atom stereocenters. The summed E-state index contributed by atoms with van der Waals surface area (Å²) in [4.78, 5) is 22.6. The zero-order valence-corrected chi connectivity index (χ0v) is 14.8. The summed E-state index contributed by atoms with van der Waals surface area (Å²) in [7, 11) is 0. The predicted molar refractivity (Wildman–Crippen MR) is 96.3 cm³/mol. The van der Waals surface area contributed by atoms with Gasteiger partial charge in [0.25, 0.3) is 5.91 Å². The van der Waals surface area contributed by atoms with Crippen molar-refractivity contribution in [3.05, 3.63) is 47.1 Å². The number of halogens is 2. The molecular formula is C17H19ClFN5O2. The predicted octanol–water partition coefficient (Wildman–Crippen LogP) is 2.07. The molecule has 1 aromatic carbocycles. The highest BCUT2D eigenvalue weighted by molar-refractivity contribution is 6.31. The smallest absolute Gasteiger partial charge is 0.271 e. The molecule has 7 nitrogen and oxygen atoms in total. The van der Waals surface area contributed by atoms with Crippen LogP contribution in [0.1, 0.15) is 10.5 Å². The molecule has 1 fully saturated rings. The van der Waals surface area contributed by atoms with Crippen molar-refractivity contribution in [1.82, 2.24) is 20.2 Å². The largest absolute Gasteiger partial charge is 0.379 e. The van der Waals surface area contributed by atoms with Crippen LogP contribution in [0.5, 0.6) is 0 Å². The lowest BCUT2D eigenvalue weighted by Gasteiger charge is -2.26. The van der Waals surface area contributed by atoms with Crippen LogP contribution in [0.2, 0.25) is 5.02 Å². The summed E-state index contributed by atoms with van der Waals surface area (Å²) in [5.41, 5.74) is 0.808. The topological polar surface area (TPSA) is 79.4 Å². The van der Waals surface area contributed by atoms with E-state index in [0.29, 0.717) is 18.1 Å². The Balaban J connectivity index is 1.49. The van der Waals surface area contributed by atoms with Crippen molar-refractivity contribution in [2.75, 3.05) is 44.7 Å². The van der Waals surface area contributed by atoms with Gasteiger partial charge in [-0.05, 0) is 18.2 Å². The number of ether oxygens (including phenoxy) is 1. The third-order valence-corrected chi connectivity index (χ3v) is 4.18. The van der Waals surface area contributed by atoms with E-state index in [9.17, 15) is 9.18 Å². The van der Waals surface area contributed by atoms with E-state index in [1.54, 1.807) is 0 Å². The number of hydrogen-bond donors (Lipinski definition) is 2. The molecule has 0 aliphatic carbocycles. The van der Waals surface area contributed by atoms with Gasteiger partial charge in [0.2, 0.25) is 0 Å². The fraction of sp³-hybridized carbons (Fsp3) is 0.353. The van der Waals surface area contributed by atoms with E-state index < -0.39 is 5.82 Å². The van der Waals surface area contributed by atoms with Gasteiger partial charge in [-0.2, -0.15) is 0 Å². The average Bonchev–Trinajstić information content (AvgIpc) is 2.66. The van der Waals surface area contributed by atoms with Gasteiger partial charge in [0.15, 0.2) is 0 Å². The van der Waals surface area contributed by atoms with Crippen molar-refractivity contribution in [3.8, 4) is 0 Å². The average molecular weight is 380 g/mol. The molecule has 2 N–H and O–H groups in total. The second kappa shape index (κ2) is 8.88. The number of amides is 1. The number of nitrogens with one attached hydrogen (secondary N) is 2. The lowest BCUT2D eigenvalue weighted by Crippen LogP contribution is -2.41. The van der Waals surface area contributed by atoms with Crippen LogP contribution in [0.15, 0.2) is 30.6 Å². The van der Waals surface area contributed by atoms with E-state index in [1.165, 1.54) is 30.6 Å². The van der Waals surface area contributed by atoms with E-state index >= 15 is 0 Å². The highest BCUT2D eigenvalue weighted by atomic mass is 35.5. The fourth-order valence-corrected chi connectivity index (χ4v) is 2.66. The van der Waals surface area contributed by atoms with E-state index in [2.05, 4.69) is 25.5 Å². The van der Waals surface area contributed by atoms with Crippen molar-refractivity contribution in [2.45, 2.75) is 0 Å². The highest BCUT2D eigenvalue weighted by Crippen LogP contribution is 2.21. The minimum Gasteiger partial charge on any atom is -0.379 e. The molecule has 138 valence electrons. The Bertz CT molecular complexity index is 753. The van der Waals surface area contributed by atoms with Gasteiger partial charge in [-0.3, -0.25) is 9.69 Å². The molecule has 1 amide bonds. The summed E-state index contributed by atoms with van der Waals surface area (Å²) in [6, 6.07) is 4.24. The van der Waals surface area contributed by atoms with Crippen molar-refractivity contribution in [1.29, 1.82) is 0 Å². The molecule has 0 atom stereocenters. The van der Waals surface area contributed by atoms with Crippen molar-refractivity contribution in [2.24, 2.45) is 0 Å². The SMILES string of the molecule is O=C(NCCN1CCOCC1)c1cnc(Nc2ccc(F)c(Cl)c2)cn1. The van der Waals surface area contributed by atoms with Gasteiger partial charge < -0.3 is 15.4 Å². The van der Waals surface area contributed by atoms with Gasteiger partial charge in [0.05, 0.1) is 30.6 Å². The molecule has 1 aliphatic rings. The number of aromatic nitrogens is 2. The van der Waals surface area contributed by atoms with E-state index in [4.69, 9.17) is 16.3 Å². The maximum absolute atomic E-state index is 13.2. The molecule has 0 spiro atoms. The van der Waals surface area contributed by atoms with Gasteiger partial charge in [0, 0.05) is 31.9 Å². The summed E-state index contributed by atoms with van der Waals surface area (Å²) in [5.74, 6) is -0.341. The summed E-state index contributed by atoms with van der Waals surface area (Å²) in [6.45, 7) is 4.52. The van der Waals surface area contributed by atoms with Crippen LogP contribution < -0.4 is 10.6 Å². The Morgan fingerprint density at radius 3 is 2.77 bits per heavy atom. The van der Waals surface area contributed by atoms with Crippen molar-refractivity contribution in [3.63, 3.8) is 0 Å². The Labute approximate surface area is 155 Å². The Morgan fingerprint density at radius 2 is 2.08 bits per heavy atom. The molecular weight excluding hydrogens is 361 g/mol. The molecule has 1 saturated heterocycles. The van der Waals surface area contributed by atoms with Gasteiger partial charge in [-0.15, -0.1) is 0 Å². The minimum atomic E-state index is -0.493. The number of hydrogen-bond acceptors (Lipinski definition) is 6. The molecule has 2 aromatic rings. The highest BCUT2D eigenvalue weighted by Gasteiger charge is 2.12. The van der Waals surface area contributed by atoms with Crippen LogP contribution >= 0.6 is 11.6 Å². The Hall–Kier alpha value is -2.29. The van der Waals surface area contributed by atoms with Crippen LogP contribution in [0.25, 0.3) is 0 Å². The van der Waals surface area contributed by atoms with Gasteiger partial charge in [-0.1, -0.05) is 11.6 Å². The summed E-state index contributed by atoms with van der Waals surface area (Å²) < 4.78 is 18.4. The molecule has 0 saturated carbocycles. The van der Waals surface area contributed by atoms with Gasteiger partial charge in [0.1, 0.15) is 17.3 Å². The first-order valence-electron chi connectivity index (χ1n) is 8.24. The zero-order chi connectivity index (χ0) is 18.4. The van der Waals surface area contributed by atoms with E-state index in [-0.39, 0.29) is 16.6 Å². The number of rotatable bonds is 6. The summed E-state index contributed by atoms with van der Waals surface area (Å²) in [6.07, 6.45) is 2.83. The Morgan fingerprint density at radius 1 is 1.27 bits per heavy atom. The van der Waals surface area contributed by atoms with Gasteiger partial charge in [-0.25, -0.2) is 14.4 Å². The summed E-state index contributed by atoms with van der Waals surface area (Å²) in [5, 5.41) is 5.79. The second-order valence-corrected chi connectivity index (χ2v) is 6.16. The first-order chi connectivity index (χ1) is 12.6. The maximum Gasteiger partial charge on any atom is 0.271 e. The second-order valence-electron chi connectivity index (χ2n) is 5.75. The zero-order valence-electron chi connectivity index (χ0n) is 14.0. The van der Waals surface area contributed by atoms with E-state index in [1.807, 2.05) is 0 Å². The molecule has 1 aromatic heterocycles. The van der Waals surface area contributed by atoms with E-state index in [0.717, 1.165) is 32.8 Å².